The van der Waals surface area contributed by atoms with Gasteiger partial charge in [0.05, 0.1) is 25.0 Å². The van der Waals surface area contributed by atoms with Crippen LogP contribution in [0.5, 0.6) is 0 Å². The van der Waals surface area contributed by atoms with Crippen LogP contribution in [0, 0.1) is 29.1 Å². The van der Waals surface area contributed by atoms with E-state index in [4.69, 9.17) is 9.47 Å². The average Bonchev–Trinajstić information content (AvgIpc) is 2.76. The van der Waals surface area contributed by atoms with Crippen LogP contribution < -0.4 is 0 Å². The van der Waals surface area contributed by atoms with Crippen LogP contribution in [0.3, 0.4) is 0 Å². The van der Waals surface area contributed by atoms with Crippen LogP contribution in [0.4, 0.5) is 0 Å². The summed E-state index contributed by atoms with van der Waals surface area (Å²) in [5, 5.41) is 0. The van der Waals surface area contributed by atoms with Gasteiger partial charge in [-0.05, 0) is 69.6 Å². The topological polar surface area (TPSA) is 52.6 Å². The lowest BCUT2D eigenvalue weighted by Gasteiger charge is -2.52. The third-order valence-electron chi connectivity index (χ3n) is 8.35. The van der Waals surface area contributed by atoms with Gasteiger partial charge in [-0.1, -0.05) is 57.8 Å². The van der Waals surface area contributed by atoms with E-state index in [1.54, 1.807) is 0 Å². The summed E-state index contributed by atoms with van der Waals surface area (Å²) < 4.78 is 11.4. The van der Waals surface area contributed by atoms with E-state index < -0.39 is 0 Å². The summed E-state index contributed by atoms with van der Waals surface area (Å²) in [6.45, 7) is 4.66. The molecular formula is C26H44O4. The smallest absolute Gasteiger partial charge is 0.309 e. The average molecular weight is 421 g/mol. The summed E-state index contributed by atoms with van der Waals surface area (Å²) in [7, 11) is 0. The number of carbonyl (C=O) groups excluding carboxylic acids is 2. The van der Waals surface area contributed by atoms with Gasteiger partial charge in [0.25, 0.3) is 0 Å². The largest absolute Gasteiger partial charge is 0.466 e. The molecule has 30 heavy (non-hydrogen) atoms. The van der Waals surface area contributed by atoms with Crippen molar-refractivity contribution in [2.75, 3.05) is 13.2 Å². The highest BCUT2D eigenvalue weighted by Gasteiger charge is 2.57. The van der Waals surface area contributed by atoms with Crippen LogP contribution in [0.25, 0.3) is 0 Å². The fourth-order valence-corrected chi connectivity index (χ4v) is 7.22. The molecule has 3 rings (SSSR count). The lowest BCUT2D eigenvalue weighted by Crippen LogP contribution is -2.53. The maximum atomic E-state index is 13.5. The fraction of sp³-hybridized carbons (Fsp3) is 0.923. The van der Waals surface area contributed by atoms with E-state index >= 15 is 0 Å². The minimum Gasteiger partial charge on any atom is -0.466 e. The Morgan fingerprint density at radius 2 is 1.03 bits per heavy atom. The highest BCUT2D eigenvalue weighted by molar-refractivity contribution is 5.78. The molecule has 3 saturated carbocycles. The van der Waals surface area contributed by atoms with Crippen LogP contribution in [-0.2, 0) is 19.1 Å². The molecule has 4 heteroatoms. The monoisotopic (exact) mass is 420 g/mol. The van der Waals surface area contributed by atoms with Gasteiger partial charge >= 0.3 is 11.9 Å². The Morgan fingerprint density at radius 3 is 1.40 bits per heavy atom. The zero-order valence-corrected chi connectivity index (χ0v) is 19.5. The van der Waals surface area contributed by atoms with E-state index in [1.165, 1.54) is 44.9 Å². The Hall–Kier alpha value is -1.06. The van der Waals surface area contributed by atoms with E-state index in [-0.39, 0.29) is 29.2 Å². The molecule has 2 unspecified atom stereocenters. The molecule has 0 radical (unpaired) electrons. The normalized spacial score (nSPS) is 25.3. The van der Waals surface area contributed by atoms with Gasteiger partial charge < -0.3 is 9.47 Å². The molecule has 0 spiro atoms. The van der Waals surface area contributed by atoms with Crippen molar-refractivity contribution < 1.29 is 19.1 Å². The van der Waals surface area contributed by atoms with Gasteiger partial charge in [0.15, 0.2) is 0 Å². The van der Waals surface area contributed by atoms with Crippen LogP contribution in [0.2, 0.25) is 0 Å². The number of rotatable bonds is 8. The molecule has 3 aliphatic carbocycles. The first-order valence-electron chi connectivity index (χ1n) is 13.0. The summed E-state index contributed by atoms with van der Waals surface area (Å²) >= 11 is 0. The molecule has 0 aliphatic heterocycles. The zero-order chi connectivity index (χ0) is 21.4. The van der Waals surface area contributed by atoms with Crippen molar-refractivity contribution in [3.8, 4) is 0 Å². The highest BCUT2D eigenvalue weighted by Crippen LogP contribution is 2.57. The predicted octanol–water partition coefficient (Wildman–Crippen LogP) is 6.46. The van der Waals surface area contributed by atoms with Crippen molar-refractivity contribution in [2.24, 2.45) is 29.1 Å². The van der Waals surface area contributed by atoms with Gasteiger partial charge in [-0.3, -0.25) is 9.59 Å². The molecule has 172 valence electrons. The van der Waals surface area contributed by atoms with Crippen LogP contribution in [0.15, 0.2) is 0 Å². The summed E-state index contributed by atoms with van der Waals surface area (Å²) in [5.74, 6) is 0.365. The molecule has 0 bridgehead atoms. The first-order chi connectivity index (χ1) is 14.6. The molecule has 0 saturated heterocycles. The molecule has 0 amide bonds. The van der Waals surface area contributed by atoms with E-state index in [0.29, 0.717) is 25.0 Å². The zero-order valence-electron chi connectivity index (χ0n) is 19.5. The predicted molar refractivity (Wildman–Crippen MR) is 119 cm³/mol. The number of hydrogen-bond acceptors (Lipinski definition) is 4. The van der Waals surface area contributed by atoms with Gasteiger partial charge in [0, 0.05) is 0 Å². The van der Waals surface area contributed by atoms with Gasteiger partial charge in [0.1, 0.15) is 0 Å². The Morgan fingerprint density at radius 1 is 0.667 bits per heavy atom. The van der Waals surface area contributed by atoms with E-state index in [9.17, 15) is 9.59 Å². The van der Waals surface area contributed by atoms with Crippen LogP contribution >= 0.6 is 0 Å². The van der Waals surface area contributed by atoms with Crippen molar-refractivity contribution in [2.45, 2.75) is 110 Å². The molecule has 0 aromatic heterocycles. The minimum absolute atomic E-state index is 0.0311. The second-order valence-corrected chi connectivity index (χ2v) is 10.0. The molecular weight excluding hydrogens is 376 g/mol. The molecule has 0 aromatic rings. The van der Waals surface area contributed by atoms with Gasteiger partial charge in [-0.25, -0.2) is 0 Å². The molecule has 0 heterocycles. The van der Waals surface area contributed by atoms with Gasteiger partial charge in [-0.15, -0.1) is 0 Å². The van der Waals surface area contributed by atoms with Gasteiger partial charge in [-0.2, -0.15) is 0 Å². The minimum atomic E-state index is -0.277. The van der Waals surface area contributed by atoms with E-state index in [0.717, 1.165) is 51.4 Å². The summed E-state index contributed by atoms with van der Waals surface area (Å²) in [6.07, 6.45) is 17.1. The molecule has 4 nitrogen and oxygen atoms in total. The number of ether oxygens (including phenoxy) is 2. The third-order valence-corrected chi connectivity index (χ3v) is 8.35. The second-order valence-electron chi connectivity index (χ2n) is 10.0. The lowest BCUT2D eigenvalue weighted by molar-refractivity contribution is -0.175. The van der Waals surface area contributed by atoms with Gasteiger partial charge in [0.2, 0.25) is 0 Å². The standard InChI is InChI=1S/C26H44O4/c1-3-29-24(27)22(20-14-8-5-9-15-20)26(18-12-7-13-19-26)23(25(28)30-4-2)21-16-10-6-11-17-21/h20-23H,3-19H2,1-2H3. The second kappa shape index (κ2) is 11.5. The number of esters is 2. The molecule has 0 aromatic carbocycles. The van der Waals surface area contributed by atoms with Crippen LogP contribution in [-0.4, -0.2) is 25.2 Å². The number of carbonyl (C=O) groups is 2. The summed E-state index contributed by atoms with van der Waals surface area (Å²) in [6, 6.07) is 0. The maximum absolute atomic E-state index is 13.5. The Kier molecular flexibility index (Phi) is 9.07. The first-order valence-corrected chi connectivity index (χ1v) is 13.0. The quantitative estimate of drug-likeness (QED) is 0.423. The first kappa shape index (κ1) is 23.6. The molecule has 2 atom stereocenters. The van der Waals surface area contributed by atoms with E-state index in [2.05, 4.69) is 0 Å². The lowest BCUT2D eigenvalue weighted by atomic mass is 9.51. The highest BCUT2D eigenvalue weighted by atomic mass is 16.5. The maximum Gasteiger partial charge on any atom is 0.309 e. The molecule has 3 fully saturated rings. The van der Waals surface area contributed by atoms with Crippen molar-refractivity contribution >= 4 is 11.9 Å². The summed E-state index contributed by atoms with van der Waals surface area (Å²) in [4.78, 5) is 27.1. The van der Waals surface area contributed by atoms with E-state index in [1.807, 2.05) is 13.8 Å². The Balaban J connectivity index is 2.04. The fourth-order valence-electron chi connectivity index (χ4n) is 7.22. The Bertz CT molecular complexity index is 497. The van der Waals surface area contributed by atoms with Crippen molar-refractivity contribution in [3.05, 3.63) is 0 Å². The van der Waals surface area contributed by atoms with Crippen molar-refractivity contribution in [3.63, 3.8) is 0 Å². The summed E-state index contributed by atoms with van der Waals surface area (Å²) in [5.41, 5.74) is -0.277. The van der Waals surface area contributed by atoms with Crippen LogP contribution in [0.1, 0.15) is 110 Å². The van der Waals surface area contributed by atoms with Crippen molar-refractivity contribution in [1.29, 1.82) is 0 Å². The van der Waals surface area contributed by atoms with Crippen molar-refractivity contribution in [1.82, 2.24) is 0 Å². The Labute approximate surface area is 183 Å². The molecule has 0 N–H and O–H groups in total. The number of hydrogen-bond donors (Lipinski definition) is 0. The molecule has 3 aliphatic rings. The SMILES string of the molecule is CCOC(=O)C(C1CCCCC1)C1(C(C(=O)OCC)C2CCCCC2)CCCCC1. The third kappa shape index (κ3) is 5.22.